The molecule has 0 radical (unpaired) electrons. The Morgan fingerprint density at radius 3 is 2.88 bits per heavy atom. The summed E-state index contributed by atoms with van der Waals surface area (Å²) in [7, 11) is 0. The van der Waals surface area contributed by atoms with Gasteiger partial charge in [0.25, 0.3) is 0 Å². The van der Waals surface area contributed by atoms with Crippen LogP contribution in [0.2, 0.25) is 0 Å². The number of piperazine rings is 1. The topological polar surface area (TPSA) is 119 Å². The lowest BCUT2D eigenvalue weighted by molar-refractivity contribution is -0.0934. The summed E-state index contributed by atoms with van der Waals surface area (Å²) in [6.07, 6.45) is 2.96. The molecule has 32 heavy (non-hydrogen) atoms. The zero-order valence-corrected chi connectivity index (χ0v) is 17.4. The van der Waals surface area contributed by atoms with Crippen LogP contribution in [0.4, 0.5) is 19.0 Å². The number of aromatic nitrogens is 2. The van der Waals surface area contributed by atoms with E-state index in [0.29, 0.717) is 24.5 Å². The van der Waals surface area contributed by atoms with Crippen LogP contribution in [0, 0.1) is 5.41 Å². The van der Waals surface area contributed by atoms with Crippen molar-refractivity contribution in [1.29, 1.82) is 5.41 Å². The number of rotatable bonds is 6. The predicted octanol–water partition coefficient (Wildman–Crippen LogP) is 1.92. The van der Waals surface area contributed by atoms with E-state index in [2.05, 4.69) is 32.0 Å². The van der Waals surface area contributed by atoms with Gasteiger partial charge in [-0.05, 0) is 19.7 Å². The number of nitrogens with zero attached hydrogens (tertiary/aromatic N) is 6. The third kappa shape index (κ3) is 4.85. The quantitative estimate of drug-likeness (QED) is 0.574. The minimum atomic E-state index is -4.58. The molecule has 0 saturated carbocycles. The predicted molar refractivity (Wildman–Crippen MR) is 119 cm³/mol. The van der Waals surface area contributed by atoms with Gasteiger partial charge < -0.3 is 26.3 Å². The van der Waals surface area contributed by atoms with Gasteiger partial charge in [0.1, 0.15) is 11.5 Å². The third-order valence-electron chi connectivity index (χ3n) is 5.17. The first kappa shape index (κ1) is 23.1. The Kier molecular flexibility index (Phi) is 7.03. The zero-order valence-electron chi connectivity index (χ0n) is 17.4. The molecule has 2 aliphatic rings. The number of hydrogen-bond donors (Lipinski definition) is 3. The van der Waals surface area contributed by atoms with Crippen molar-refractivity contribution < 1.29 is 13.2 Å². The lowest BCUT2D eigenvalue weighted by Crippen LogP contribution is -2.58. The van der Waals surface area contributed by atoms with Crippen molar-refractivity contribution in [3.05, 3.63) is 48.0 Å². The van der Waals surface area contributed by atoms with Crippen molar-refractivity contribution in [3.8, 4) is 0 Å². The second-order valence-corrected chi connectivity index (χ2v) is 7.09. The molecule has 0 aromatic carbocycles. The highest BCUT2D eigenvalue weighted by Crippen LogP contribution is 2.30. The Balaban J connectivity index is 1.94. The first-order valence-electron chi connectivity index (χ1n) is 9.80. The number of anilines is 1. The fourth-order valence-corrected chi connectivity index (χ4v) is 3.61. The highest BCUT2D eigenvalue weighted by Gasteiger charge is 2.36. The first-order chi connectivity index (χ1) is 15.3. The number of nitrogens with two attached hydrogens (primary N) is 1. The van der Waals surface area contributed by atoms with Crippen molar-refractivity contribution in [2.75, 3.05) is 24.5 Å². The SMILES string of the molecule is C=N/C=C(/c1nccc(N2CCNC(/C(C=N)=C/N)C2C)n1)N1C=C(C(F)(F)F)N=CC1. The molecule has 9 nitrogen and oxygen atoms in total. The number of nitrogens with one attached hydrogen (secondary N) is 2. The molecule has 1 aromatic rings. The Bertz CT molecular complexity index is 981. The lowest BCUT2D eigenvalue weighted by Gasteiger charge is -2.41. The van der Waals surface area contributed by atoms with E-state index in [1.165, 1.54) is 29.7 Å². The molecule has 3 heterocycles. The molecule has 0 aliphatic carbocycles. The summed E-state index contributed by atoms with van der Waals surface area (Å²) in [4.78, 5) is 19.4. The van der Waals surface area contributed by atoms with Gasteiger partial charge in [0, 0.05) is 55.7 Å². The van der Waals surface area contributed by atoms with Crippen LogP contribution in [-0.2, 0) is 0 Å². The lowest BCUT2D eigenvalue weighted by atomic mass is 9.98. The third-order valence-corrected chi connectivity index (χ3v) is 5.17. The number of hydrogen-bond acceptors (Lipinski definition) is 9. The number of allylic oxidation sites excluding steroid dienone is 1. The molecule has 0 amide bonds. The molecule has 170 valence electrons. The molecule has 1 aromatic heterocycles. The van der Waals surface area contributed by atoms with E-state index in [1.54, 1.807) is 12.3 Å². The molecule has 1 fully saturated rings. The van der Waals surface area contributed by atoms with Gasteiger partial charge in [-0.2, -0.15) is 13.2 Å². The Hall–Kier alpha value is -3.54. The average molecular weight is 447 g/mol. The Morgan fingerprint density at radius 2 is 2.22 bits per heavy atom. The standard InChI is InChI=1S/C20H24F3N9/c1-13-18(14(9-24)10-25)28-6-8-32(13)17-3-4-29-19(30-17)15(11-26-2)31-7-5-27-16(12-31)20(21,22)23/h3-5,9-13,18,24,28H,2,6-8,25H2,1H3/b14-10+,15-11-,24-9?. The molecular weight excluding hydrogens is 423 g/mol. The molecule has 2 aliphatic heterocycles. The normalized spacial score (nSPS) is 22.6. The maximum absolute atomic E-state index is 13.1. The van der Waals surface area contributed by atoms with E-state index in [4.69, 9.17) is 11.1 Å². The van der Waals surface area contributed by atoms with Gasteiger partial charge in [0.15, 0.2) is 11.5 Å². The molecular formula is C20H24F3N9. The fourth-order valence-electron chi connectivity index (χ4n) is 3.61. The minimum absolute atomic E-state index is 0.0910. The van der Waals surface area contributed by atoms with E-state index >= 15 is 0 Å². The summed E-state index contributed by atoms with van der Waals surface area (Å²) in [6, 6.07) is 1.46. The monoisotopic (exact) mass is 447 g/mol. The summed E-state index contributed by atoms with van der Waals surface area (Å²) >= 11 is 0. The molecule has 1 saturated heterocycles. The van der Waals surface area contributed by atoms with Crippen LogP contribution in [0.25, 0.3) is 5.70 Å². The Morgan fingerprint density at radius 1 is 1.44 bits per heavy atom. The van der Waals surface area contributed by atoms with E-state index < -0.39 is 11.9 Å². The second kappa shape index (κ2) is 9.73. The zero-order chi connectivity index (χ0) is 23.3. The fraction of sp³-hybridized carbons (Fsp3) is 0.350. The van der Waals surface area contributed by atoms with Gasteiger partial charge in [-0.25, -0.2) is 9.97 Å². The van der Waals surface area contributed by atoms with Crippen molar-refractivity contribution in [3.63, 3.8) is 0 Å². The van der Waals surface area contributed by atoms with E-state index in [-0.39, 0.29) is 30.1 Å². The first-order valence-corrected chi connectivity index (χ1v) is 9.80. The van der Waals surface area contributed by atoms with Crippen molar-refractivity contribution in [2.24, 2.45) is 15.7 Å². The summed E-state index contributed by atoms with van der Waals surface area (Å²) < 4.78 is 39.4. The number of aliphatic imine (C=N–C) groups is 2. The summed E-state index contributed by atoms with van der Waals surface area (Å²) in [5.41, 5.74) is 5.54. The van der Waals surface area contributed by atoms with Gasteiger partial charge in [0.05, 0.1) is 18.8 Å². The summed E-state index contributed by atoms with van der Waals surface area (Å²) in [5, 5.41) is 10.9. The van der Waals surface area contributed by atoms with E-state index in [0.717, 1.165) is 6.20 Å². The molecule has 0 bridgehead atoms. The molecule has 2 unspecified atom stereocenters. The van der Waals surface area contributed by atoms with E-state index in [1.807, 2.05) is 11.8 Å². The van der Waals surface area contributed by atoms with Gasteiger partial charge in [-0.3, -0.25) is 9.98 Å². The summed E-state index contributed by atoms with van der Waals surface area (Å²) in [5.74, 6) is 0.794. The highest BCUT2D eigenvalue weighted by molar-refractivity contribution is 5.78. The molecule has 2 atom stereocenters. The number of halogens is 3. The van der Waals surface area contributed by atoms with Crippen LogP contribution in [-0.4, -0.2) is 71.9 Å². The van der Waals surface area contributed by atoms with Crippen LogP contribution < -0.4 is 16.0 Å². The Labute approximate surface area is 183 Å². The molecule has 4 N–H and O–H groups in total. The maximum atomic E-state index is 13.1. The van der Waals surface area contributed by atoms with Crippen LogP contribution in [0.3, 0.4) is 0 Å². The van der Waals surface area contributed by atoms with E-state index in [9.17, 15) is 13.2 Å². The number of alkyl halides is 3. The largest absolute Gasteiger partial charge is 0.434 e. The van der Waals surface area contributed by atoms with Crippen LogP contribution in [0.5, 0.6) is 0 Å². The highest BCUT2D eigenvalue weighted by atomic mass is 19.4. The smallest absolute Gasteiger partial charge is 0.404 e. The second-order valence-electron chi connectivity index (χ2n) is 7.09. The van der Waals surface area contributed by atoms with Gasteiger partial charge >= 0.3 is 6.18 Å². The average Bonchev–Trinajstić information content (AvgIpc) is 2.79. The van der Waals surface area contributed by atoms with Gasteiger partial charge in [-0.15, -0.1) is 0 Å². The maximum Gasteiger partial charge on any atom is 0.434 e. The van der Waals surface area contributed by atoms with Gasteiger partial charge in [-0.1, -0.05) is 0 Å². The van der Waals surface area contributed by atoms with Crippen molar-refractivity contribution in [2.45, 2.75) is 25.2 Å². The van der Waals surface area contributed by atoms with Crippen molar-refractivity contribution in [1.82, 2.24) is 20.2 Å². The van der Waals surface area contributed by atoms with Crippen LogP contribution in [0.1, 0.15) is 12.7 Å². The molecule has 3 rings (SSSR count). The molecule has 0 spiro atoms. The minimum Gasteiger partial charge on any atom is -0.404 e. The van der Waals surface area contributed by atoms with Crippen molar-refractivity contribution >= 4 is 30.7 Å². The van der Waals surface area contributed by atoms with Crippen LogP contribution >= 0.6 is 0 Å². The summed E-state index contributed by atoms with van der Waals surface area (Å²) in [6.45, 7) is 6.77. The van der Waals surface area contributed by atoms with Gasteiger partial charge in [0.2, 0.25) is 0 Å². The molecule has 12 heteroatoms. The van der Waals surface area contributed by atoms with Crippen LogP contribution in [0.15, 0.2) is 52.1 Å².